The molecule has 1 aromatic heterocycles. The Morgan fingerprint density at radius 2 is 1.80 bits per heavy atom. The van der Waals surface area contributed by atoms with Crippen LogP contribution >= 0.6 is 0 Å². The number of hydrogen-bond donors (Lipinski definition) is 2. The molecule has 182 valence electrons. The first kappa shape index (κ1) is 23.0. The van der Waals surface area contributed by atoms with Crippen LogP contribution in [0.2, 0.25) is 0 Å². The van der Waals surface area contributed by atoms with Crippen LogP contribution in [0.15, 0.2) is 56.9 Å². The maximum atomic E-state index is 12.9. The van der Waals surface area contributed by atoms with Crippen molar-refractivity contribution in [2.45, 2.75) is 44.6 Å². The Morgan fingerprint density at radius 1 is 1.03 bits per heavy atom. The van der Waals surface area contributed by atoms with Gasteiger partial charge in [-0.1, -0.05) is 23.8 Å². The highest BCUT2D eigenvalue weighted by molar-refractivity contribution is 7.89. The lowest BCUT2D eigenvalue weighted by molar-refractivity contribution is 0.0920. The zero-order valence-electron chi connectivity index (χ0n) is 19.4. The first-order valence-electron chi connectivity index (χ1n) is 11.3. The Kier molecular flexibility index (Phi) is 5.98. The lowest BCUT2D eigenvalue weighted by Crippen LogP contribution is -2.23. The van der Waals surface area contributed by atoms with E-state index < -0.39 is 10.0 Å². The van der Waals surface area contributed by atoms with E-state index >= 15 is 0 Å². The third-order valence-corrected chi connectivity index (χ3v) is 7.28. The van der Waals surface area contributed by atoms with E-state index in [2.05, 4.69) is 15.2 Å². The van der Waals surface area contributed by atoms with Crippen molar-refractivity contribution in [3.8, 4) is 11.5 Å². The largest absolute Gasteiger partial charge is 0.455 e. The minimum atomic E-state index is -3.81. The number of hydrazone groups is 1. The normalized spacial score (nSPS) is 15.7. The van der Waals surface area contributed by atoms with Gasteiger partial charge in [0.25, 0.3) is 15.9 Å². The fourth-order valence-corrected chi connectivity index (χ4v) is 5.03. The van der Waals surface area contributed by atoms with Crippen molar-refractivity contribution >= 4 is 21.6 Å². The van der Waals surface area contributed by atoms with E-state index in [4.69, 9.17) is 13.9 Å². The summed E-state index contributed by atoms with van der Waals surface area (Å²) in [5.74, 6) is 1.81. The zero-order chi connectivity index (χ0) is 24.6. The molecule has 1 aliphatic heterocycles. The molecule has 9 nitrogen and oxygen atoms in total. The summed E-state index contributed by atoms with van der Waals surface area (Å²) < 4.78 is 41.9. The van der Waals surface area contributed by atoms with Gasteiger partial charge in [0.2, 0.25) is 6.79 Å². The third-order valence-electron chi connectivity index (χ3n) is 6.05. The average molecular weight is 496 g/mol. The molecule has 35 heavy (non-hydrogen) atoms. The number of nitrogens with one attached hydrogen (secondary N) is 2. The van der Waals surface area contributed by atoms with Crippen LogP contribution in [-0.4, -0.2) is 26.8 Å². The quantitative estimate of drug-likeness (QED) is 0.505. The van der Waals surface area contributed by atoms with Crippen LogP contribution in [0.25, 0.3) is 0 Å². The fraction of sp³-hybridized carbons (Fsp3) is 0.280. The Labute approximate surface area is 203 Å². The van der Waals surface area contributed by atoms with Gasteiger partial charge in [0.05, 0.1) is 10.6 Å². The summed E-state index contributed by atoms with van der Waals surface area (Å²) in [6.45, 7) is 4.15. The van der Waals surface area contributed by atoms with E-state index in [1.807, 2.05) is 19.1 Å². The number of fused-ring (bicyclic) bond motifs is 2. The van der Waals surface area contributed by atoms with Gasteiger partial charge in [-0.05, 0) is 56.5 Å². The van der Waals surface area contributed by atoms with Gasteiger partial charge in [-0.25, -0.2) is 0 Å². The van der Waals surface area contributed by atoms with Gasteiger partial charge in [0.15, 0.2) is 17.3 Å². The molecule has 1 amide bonds. The second-order valence-electron chi connectivity index (χ2n) is 8.54. The van der Waals surface area contributed by atoms with Gasteiger partial charge in [-0.15, -0.1) is 0 Å². The predicted molar refractivity (Wildman–Crippen MR) is 128 cm³/mol. The minimum Gasteiger partial charge on any atom is -0.455 e. The predicted octanol–water partition coefficient (Wildman–Crippen LogP) is 3.57. The molecule has 0 atom stereocenters. The summed E-state index contributed by atoms with van der Waals surface area (Å²) in [4.78, 5) is 15.4. The lowest BCUT2D eigenvalue weighted by atomic mass is 9.93. The first-order chi connectivity index (χ1) is 16.8. The molecule has 0 radical (unpaired) electrons. The standard InChI is InChI=1S/C25H25N3O6S/c1-15-6-9-18(10-7-15)35(30,31)28-27-19-4-3-5-21-23(19)16(2)24(34-21)25(29)26-13-17-8-11-20-22(12-17)33-14-32-20/h6-12,28H,3-5,13-14H2,1-2H3,(H,26,29)/b27-19+. The molecular formula is C25H25N3O6S. The highest BCUT2D eigenvalue weighted by Crippen LogP contribution is 2.33. The molecule has 0 fully saturated rings. The van der Waals surface area contributed by atoms with E-state index in [-0.39, 0.29) is 29.9 Å². The molecule has 2 N–H and O–H groups in total. The van der Waals surface area contributed by atoms with E-state index in [9.17, 15) is 13.2 Å². The SMILES string of the molecule is Cc1ccc(S(=O)(=O)N/N=C2\CCCc3oc(C(=O)NCc4ccc5c(c4)OCO5)c(C)c32)cc1. The van der Waals surface area contributed by atoms with Crippen molar-refractivity contribution in [3.05, 3.63) is 76.2 Å². The van der Waals surface area contributed by atoms with Crippen molar-refractivity contribution < 1.29 is 27.1 Å². The summed E-state index contributed by atoms with van der Waals surface area (Å²) in [7, 11) is -3.81. The first-order valence-corrected chi connectivity index (χ1v) is 12.7. The highest BCUT2D eigenvalue weighted by atomic mass is 32.2. The highest BCUT2D eigenvalue weighted by Gasteiger charge is 2.28. The van der Waals surface area contributed by atoms with Crippen LogP contribution in [0.1, 0.15) is 51.4 Å². The van der Waals surface area contributed by atoms with Crippen LogP contribution in [0, 0.1) is 13.8 Å². The number of carbonyl (C=O) groups excluding carboxylic acids is 1. The summed E-state index contributed by atoms with van der Waals surface area (Å²) in [5.41, 5.74) is 3.71. The number of nitrogens with zero attached hydrogens (tertiary/aromatic N) is 1. The van der Waals surface area contributed by atoms with E-state index in [0.29, 0.717) is 46.9 Å². The van der Waals surface area contributed by atoms with Crippen LogP contribution in [0.4, 0.5) is 0 Å². The zero-order valence-corrected chi connectivity index (χ0v) is 20.2. The number of rotatable bonds is 6. The summed E-state index contributed by atoms with van der Waals surface area (Å²) in [6, 6.07) is 12.0. The molecule has 3 aromatic rings. The lowest BCUT2D eigenvalue weighted by Gasteiger charge is -2.14. The number of benzene rings is 2. The number of carbonyl (C=O) groups is 1. The van der Waals surface area contributed by atoms with Crippen molar-refractivity contribution in [2.75, 3.05) is 6.79 Å². The number of sulfonamides is 1. The molecule has 0 saturated heterocycles. The van der Waals surface area contributed by atoms with Gasteiger partial charge in [0.1, 0.15) is 5.76 Å². The second kappa shape index (κ2) is 9.10. The van der Waals surface area contributed by atoms with E-state index in [1.54, 1.807) is 25.1 Å². The Balaban J connectivity index is 1.33. The number of aryl methyl sites for hydroxylation is 2. The summed E-state index contributed by atoms with van der Waals surface area (Å²) in [5, 5.41) is 7.09. The van der Waals surface area contributed by atoms with Gasteiger partial charge in [0, 0.05) is 24.1 Å². The molecule has 10 heteroatoms. The Morgan fingerprint density at radius 3 is 2.60 bits per heavy atom. The molecule has 0 unspecified atom stereocenters. The second-order valence-corrected chi connectivity index (χ2v) is 10.2. The molecule has 5 rings (SSSR count). The molecule has 2 heterocycles. The molecule has 2 aliphatic rings. The number of hydrogen-bond acceptors (Lipinski definition) is 7. The van der Waals surface area contributed by atoms with Crippen LogP contribution in [-0.2, 0) is 23.0 Å². The van der Waals surface area contributed by atoms with Crippen molar-refractivity contribution in [3.63, 3.8) is 0 Å². The molecule has 0 bridgehead atoms. The van der Waals surface area contributed by atoms with Crippen LogP contribution in [0.5, 0.6) is 11.5 Å². The number of amides is 1. The van der Waals surface area contributed by atoms with E-state index in [1.165, 1.54) is 12.1 Å². The van der Waals surface area contributed by atoms with E-state index in [0.717, 1.165) is 17.5 Å². The summed E-state index contributed by atoms with van der Waals surface area (Å²) in [6.07, 6.45) is 1.96. The minimum absolute atomic E-state index is 0.135. The molecule has 1 aliphatic carbocycles. The Hall–Kier alpha value is -3.79. The molecular weight excluding hydrogens is 470 g/mol. The number of ether oxygens (including phenoxy) is 2. The monoisotopic (exact) mass is 495 g/mol. The van der Waals surface area contributed by atoms with Crippen molar-refractivity contribution in [1.82, 2.24) is 10.1 Å². The van der Waals surface area contributed by atoms with Gasteiger partial charge >= 0.3 is 0 Å². The smallest absolute Gasteiger partial charge is 0.287 e. The third kappa shape index (κ3) is 4.61. The van der Waals surface area contributed by atoms with Crippen LogP contribution in [0.3, 0.4) is 0 Å². The van der Waals surface area contributed by atoms with Gasteiger partial charge in [-0.3, -0.25) is 4.79 Å². The topological polar surface area (TPSA) is 119 Å². The maximum absolute atomic E-state index is 12.9. The molecule has 0 saturated carbocycles. The Bertz CT molecular complexity index is 1420. The maximum Gasteiger partial charge on any atom is 0.287 e. The molecule has 2 aromatic carbocycles. The van der Waals surface area contributed by atoms with Gasteiger partial charge < -0.3 is 19.2 Å². The summed E-state index contributed by atoms with van der Waals surface area (Å²) >= 11 is 0. The average Bonchev–Trinajstić information content (AvgIpc) is 3.46. The van der Waals surface area contributed by atoms with Gasteiger partial charge in [-0.2, -0.15) is 18.4 Å². The van der Waals surface area contributed by atoms with Crippen molar-refractivity contribution in [2.24, 2.45) is 5.10 Å². The number of furan rings is 1. The van der Waals surface area contributed by atoms with Crippen LogP contribution < -0.4 is 19.6 Å². The molecule has 0 spiro atoms. The fourth-order valence-electron chi connectivity index (χ4n) is 4.20. The van der Waals surface area contributed by atoms with Crippen molar-refractivity contribution in [1.29, 1.82) is 0 Å².